The Morgan fingerprint density at radius 2 is 1.83 bits per heavy atom. The molecule has 0 bridgehead atoms. The van der Waals surface area contributed by atoms with Crippen molar-refractivity contribution in [3.05, 3.63) is 34.3 Å². The molecule has 1 aromatic rings. The minimum absolute atomic E-state index is 0.211. The summed E-state index contributed by atoms with van der Waals surface area (Å²) in [7, 11) is 1.23. The molecule has 2 aliphatic rings. The molecule has 0 amide bonds. The normalized spacial score (nSPS) is 32.7. The van der Waals surface area contributed by atoms with E-state index in [2.05, 4.69) is 15.9 Å². The van der Waals surface area contributed by atoms with Crippen LogP contribution in [0.4, 0.5) is 0 Å². The standard InChI is InChI=1S/C18H19BrO5/c1-5-17(12(20)10-6-8-11(19)9-7-10)13-16(2,3)24-15(22)18(13,17)14(21)23-4/h6-9,13H,5H2,1-4H3/t13-,17-,18-/m0/s1. The molecule has 1 heterocycles. The maximum atomic E-state index is 13.3. The van der Waals surface area contributed by atoms with Crippen molar-refractivity contribution in [3.8, 4) is 0 Å². The van der Waals surface area contributed by atoms with Gasteiger partial charge in [0.2, 0.25) is 0 Å². The first kappa shape index (κ1) is 17.1. The maximum absolute atomic E-state index is 13.3. The fourth-order valence-electron chi connectivity index (χ4n) is 4.68. The number of hydrogen-bond donors (Lipinski definition) is 0. The molecule has 1 aliphatic carbocycles. The molecule has 1 saturated carbocycles. The fraction of sp³-hybridized carbons (Fsp3) is 0.500. The monoisotopic (exact) mass is 394 g/mol. The molecule has 5 nitrogen and oxygen atoms in total. The Kier molecular flexibility index (Phi) is 3.68. The van der Waals surface area contributed by atoms with Gasteiger partial charge in [-0.05, 0) is 32.4 Å². The van der Waals surface area contributed by atoms with Gasteiger partial charge in [-0.25, -0.2) is 0 Å². The van der Waals surface area contributed by atoms with Gasteiger partial charge in [-0.1, -0.05) is 35.0 Å². The van der Waals surface area contributed by atoms with E-state index >= 15 is 0 Å². The Bertz CT molecular complexity index is 738. The topological polar surface area (TPSA) is 69.7 Å². The summed E-state index contributed by atoms with van der Waals surface area (Å²) in [6.45, 7) is 5.31. The number of fused-ring (bicyclic) bond motifs is 1. The van der Waals surface area contributed by atoms with Crippen LogP contribution in [0.3, 0.4) is 0 Å². The van der Waals surface area contributed by atoms with Crippen LogP contribution in [0.1, 0.15) is 37.6 Å². The third-order valence-corrected chi connectivity index (χ3v) is 6.02. The zero-order valence-electron chi connectivity index (χ0n) is 14.0. The van der Waals surface area contributed by atoms with Crippen LogP contribution in [0.2, 0.25) is 0 Å². The second-order valence-electron chi connectivity index (χ2n) is 6.89. The molecule has 0 unspecified atom stereocenters. The van der Waals surface area contributed by atoms with E-state index in [1.165, 1.54) is 7.11 Å². The Labute approximate surface area is 148 Å². The minimum atomic E-state index is -1.54. The lowest BCUT2D eigenvalue weighted by Crippen LogP contribution is -2.40. The van der Waals surface area contributed by atoms with Crippen LogP contribution in [0.15, 0.2) is 28.7 Å². The fourth-order valence-corrected chi connectivity index (χ4v) is 4.95. The van der Waals surface area contributed by atoms with Crippen LogP contribution >= 0.6 is 15.9 Å². The average molecular weight is 395 g/mol. The van der Waals surface area contributed by atoms with E-state index in [4.69, 9.17) is 9.47 Å². The van der Waals surface area contributed by atoms with E-state index in [9.17, 15) is 14.4 Å². The predicted octanol–water partition coefficient (Wildman–Crippen LogP) is 3.15. The van der Waals surface area contributed by atoms with Crippen molar-refractivity contribution in [2.45, 2.75) is 32.8 Å². The molecule has 6 heteroatoms. The zero-order valence-corrected chi connectivity index (χ0v) is 15.6. The van der Waals surface area contributed by atoms with Crippen molar-refractivity contribution >= 4 is 33.7 Å². The second kappa shape index (κ2) is 5.15. The molecule has 0 aromatic heterocycles. The lowest BCUT2D eigenvalue weighted by atomic mass is 9.81. The molecule has 2 fully saturated rings. The van der Waals surface area contributed by atoms with Gasteiger partial charge in [-0.15, -0.1) is 0 Å². The van der Waals surface area contributed by atoms with Crippen molar-refractivity contribution in [1.82, 2.24) is 0 Å². The molecule has 1 saturated heterocycles. The summed E-state index contributed by atoms with van der Waals surface area (Å²) >= 11 is 3.34. The summed E-state index contributed by atoms with van der Waals surface area (Å²) in [5, 5.41) is 0. The smallest absolute Gasteiger partial charge is 0.325 e. The van der Waals surface area contributed by atoms with E-state index in [-0.39, 0.29) is 5.78 Å². The van der Waals surface area contributed by atoms with Gasteiger partial charge in [0.25, 0.3) is 0 Å². The summed E-state index contributed by atoms with van der Waals surface area (Å²) in [6.07, 6.45) is 0.361. The van der Waals surface area contributed by atoms with Crippen LogP contribution in [-0.2, 0) is 19.1 Å². The van der Waals surface area contributed by atoms with Crippen LogP contribution < -0.4 is 0 Å². The second-order valence-corrected chi connectivity index (χ2v) is 7.80. The zero-order chi connectivity index (χ0) is 17.9. The largest absolute Gasteiger partial charge is 0.468 e. The van der Waals surface area contributed by atoms with Gasteiger partial charge in [0.15, 0.2) is 11.2 Å². The molecule has 1 aliphatic heterocycles. The molecule has 1 aromatic carbocycles. The Balaban J connectivity index is 2.16. The molecule has 0 spiro atoms. The highest BCUT2D eigenvalue weighted by atomic mass is 79.9. The number of ether oxygens (including phenoxy) is 2. The van der Waals surface area contributed by atoms with Gasteiger partial charge in [-0.3, -0.25) is 14.4 Å². The van der Waals surface area contributed by atoms with E-state index in [1.54, 1.807) is 38.1 Å². The number of halogens is 1. The van der Waals surface area contributed by atoms with Gasteiger partial charge in [-0.2, -0.15) is 0 Å². The SMILES string of the molecule is CC[C@]1(C(=O)c2ccc(Br)cc2)[C@@H]2C(C)(C)OC(=O)[C@@]21C(=O)OC. The molecule has 24 heavy (non-hydrogen) atoms. The number of ketones is 1. The van der Waals surface area contributed by atoms with E-state index in [0.29, 0.717) is 12.0 Å². The molecule has 3 rings (SSSR count). The van der Waals surface area contributed by atoms with E-state index in [0.717, 1.165) is 4.47 Å². The first-order valence-corrected chi connectivity index (χ1v) is 8.61. The molecule has 3 atom stereocenters. The maximum Gasteiger partial charge on any atom is 0.325 e. The molecule has 0 radical (unpaired) electrons. The first-order valence-electron chi connectivity index (χ1n) is 7.82. The number of hydrogen-bond acceptors (Lipinski definition) is 5. The molecular formula is C18H19BrO5. The lowest BCUT2D eigenvalue weighted by Gasteiger charge is -2.28. The summed E-state index contributed by atoms with van der Waals surface area (Å²) < 4.78 is 11.2. The molecule has 128 valence electrons. The van der Waals surface area contributed by atoms with Gasteiger partial charge in [0, 0.05) is 16.0 Å². The Morgan fingerprint density at radius 3 is 2.33 bits per heavy atom. The van der Waals surface area contributed by atoms with Crippen molar-refractivity contribution in [2.75, 3.05) is 7.11 Å². The molecular weight excluding hydrogens is 376 g/mol. The Hall–Kier alpha value is -1.69. The highest BCUT2D eigenvalue weighted by molar-refractivity contribution is 9.10. The minimum Gasteiger partial charge on any atom is -0.468 e. The summed E-state index contributed by atoms with van der Waals surface area (Å²) in [6, 6.07) is 6.93. The number of carbonyl (C=O) groups is 3. The van der Waals surface area contributed by atoms with E-state index in [1.807, 2.05) is 6.92 Å². The number of rotatable bonds is 4. The number of carbonyl (C=O) groups excluding carboxylic acids is 3. The van der Waals surface area contributed by atoms with Crippen molar-refractivity contribution in [2.24, 2.45) is 16.7 Å². The third-order valence-electron chi connectivity index (χ3n) is 5.50. The lowest BCUT2D eigenvalue weighted by molar-refractivity contribution is -0.165. The van der Waals surface area contributed by atoms with E-state index < -0.39 is 34.3 Å². The van der Waals surface area contributed by atoms with Gasteiger partial charge in [0.1, 0.15) is 5.60 Å². The van der Waals surface area contributed by atoms with Crippen LogP contribution in [0, 0.1) is 16.7 Å². The van der Waals surface area contributed by atoms with Gasteiger partial charge >= 0.3 is 11.9 Å². The van der Waals surface area contributed by atoms with Crippen molar-refractivity contribution < 1.29 is 23.9 Å². The summed E-state index contributed by atoms with van der Waals surface area (Å²) in [5.74, 6) is -2.08. The van der Waals surface area contributed by atoms with Crippen LogP contribution in [0.5, 0.6) is 0 Å². The number of methoxy groups -OCH3 is 1. The summed E-state index contributed by atoms with van der Waals surface area (Å²) in [5.41, 5.74) is -3.08. The van der Waals surface area contributed by atoms with Crippen molar-refractivity contribution in [3.63, 3.8) is 0 Å². The number of Topliss-reactive ketones (excluding diaryl/α,β-unsaturated/α-hetero) is 1. The van der Waals surface area contributed by atoms with Gasteiger partial charge in [0.05, 0.1) is 12.5 Å². The van der Waals surface area contributed by atoms with Crippen molar-refractivity contribution in [1.29, 1.82) is 0 Å². The predicted molar refractivity (Wildman–Crippen MR) is 89.3 cm³/mol. The Morgan fingerprint density at radius 1 is 1.25 bits per heavy atom. The third kappa shape index (κ3) is 1.78. The highest BCUT2D eigenvalue weighted by Gasteiger charge is 2.95. The molecule has 0 N–H and O–H groups in total. The quantitative estimate of drug-likeness (QED) is 0.445. The number of benzene rings is 1. The number of cyclic esters (lactones) is 1. The highest BCUT2D eigenvalue weighted by Crippen LogP contribution is 2.80. The summed E-state index contributed by atoms with van der Waals surface area (Å²) in [4.78, 5) is 38.5. The first-order chi connectivity index (χ1) is 11.2. The van der Waals surface area contributed by atoms with Crippen LogP contribution in [-0.4, -0.2) is 30.4 Å². The number of esters is 2. The van der Waals surface area contributed by atoms with Gasteiger partial charge < -0.3 is 9.47 Å². The van der Waals surface area contributed by atoms with Crippen LogP contribution in [0.25, 0.3) is 0 Å². The average Bonchev–Trinajstić information content (AvgIpc) is 3.14.